The minimum atomic E-state index is -2.78. The summed E-state index contributed by atoms with van der Waals surface area (Å²) in [6.45, 7) is 1.09. The Morgan fingerprint density at radius 1 is 1.22 bits per heavy atom. The van der Waals surface area contributed by atoms with E-state index >= 15 is 0 Å². The number of rotatable bonds is 6. The summed E-state index contributed by atoms with van der Waals surface area (Å²) in [6.07, 6.45) is 6.08. The highest BCUT2D eigenvalue weighted by atomic mass is 32.2. The molecule has 0 atom stereocenters. The van der Waals surface area contributed by atoms with Crippen molar-refractivity contribution in [1.29, 1.82) is 0 Å². The molecule has 5 rings (SSSR count). The van der Waals surface area contributed by atoms with Crippen molar-refractivity contribution >= 4 is 28.1 Å². The molecule has 0 saturated carbocycles. The van der Waals surface area contributed by atoms with Gasteiger partial charge in [-0.05, 0) is 12.8 Å². The lowest BCUT2D eigenvalue weighted by Gasteiger charge is -2.30. The molecule has 3 aromatic heterocycles. The molecular formula is C18H23F2N9O2S. The van der Waals surface area contributed by atoms with Crippen molar-refractivity contribution in [3.63, 3.8) is 0 Å². The van der Waals surface area contributed by atoms with Gasteiger partial charge >= 0.3 is 0 Å². The number of alkyl halides is 2. The van der Waals surface area contributed by atoms with E-state index in [0.29, 0.717) is 41.8 Å². The van der Waals surface area contributed by atoms with Crippen molar-refractivity contribution in [1.82, 2.24) is 34.7 Å². The van der Waals surface area contributed by atoms with Crippen molar-refractivity contribution in [2.45, 2.75) is 31.2 Å². The van der Waals surface area contributed by atoms with Crippen molar-refractivity contribution < 1.29 is 17.2 Å². The molecule has 0 aliphatic carbocycles. The number of likely N-dealkylation sites (tertiary alicyclic amines) is 1. The number of nitrogens with one attached hydrogen (secondary N) is 2. The van der Waals surface area contributed by atoms with Gasteiger partial charge in [-0.3, -0.25) is 10.00 Å². The lowest BCUT2D eigenvalue weighted by molar-refractivity contribution is 0.0256. The van der Waals surface area contributed by atoms with E-state index < -0.39 is 23.2 Å². The first-order valence-electron chi connectivity index (χ1n) is 10.4. The molecule has 2 saturated heterocycles. The predicted molar refractivity (Wildman–Crippen MR) is 114 cm³/mol. The van der Waals surface area contributed by atoms with Crippen LogP contribution in [0.5, 0.6) is 0 Å². The Labute approximate surface area is 183 Å². The van der Waals surface area contributed by atoms with Crippen molar-refractivity contribution in [3.05, 3.63) is 18.6 Å². The first-order chi connectivity index (χ1) is 15.4. The zero-order valence-corrected chi connectivity index (χ0v) is 18.0. The van der Waals surface area contributed by atoms with E-state index in [4.69, 9.17) is 0 Å². The number of halogens is 2. The van der Waals surface area contributed by atoms with Crippen LogP contribution in [0, 0.1) is 0 Å². The molecule has 11 nitrogen and oxygen atoms in total. The third-order valence-corrected chi connectivity index (χ3v) is 6.46. The first-order valence-corrected chi connectivity index (χ1v) is 11.7. The number of anilines is 2. The van der Waals surface area contributed by atoms with Crippen LogP contribution < -0.4 is 10.2 Å². The van der Waals surface area contributed by atoms with Crippen LogP contribution in [0.25, 0.3) is 16.9 Å². The zero-order valence-electron chi connectivity index (χ0n) is 17.1. The van der Waals surface area contributed by atoms with Gasteiger partial charge in [0.15, 0.2) is 22.2 Å². The van der Waals surface area contributed by atoms with Gasteiger partial charge in [-0.15, -0.1) is 5.10 Å². The fraction of sp³-hybridized carbons (Fsp3) is 0.556. The molecule has 0 amide bonds. The summed E-state index contributed by atoms with van der Waals surface area (Å²) in [5, 5.41) is 14.5. The summed E-state index contributed by atoms with van der Waals surface area (Å²) in [5.41, 5.74) is 1.62. The molecule has 0 radical (unpaired) electrons. The maximum atomic E-state index is 14.0. The van der Waals surface area contributed by atoms with Crippen LogP contribution in [0.3, 0.4) is 0 Å². The van der Waals surface area contributed by atoms with Gasteiger partial charge in [0.1, 0.15) is 5.69 Å². The minimum Gasteiger partial charge on any atom is -0.350 e. The zero-order chi connectivity index (χ0) is 22.3. The molecule has 3 aromatic rings. The third-order valence-electron chi connectivity index (χ3n) is 5.83. The number of hydrogen-bond acceptors (Lipinski definition) is 9. The largest absolute Gasteiger partial charge is 0.350 e. The summed E-state index contributed by atoms with van der Waals surface area (Å²) in [5.74, 6) is -1.87. The monoisotopic (exact) mass is 467 g/mol. The van der Waals surface area contributed by atoms with E-state index in [1.165, 1.54) is 0 Å². The first kappa shape index (κ1) is 21.0. The average Bonchev–Trinajstić information content (AvgIpc) is 3.47. The molecule has 2 fully saturated rings. The number of piperidine rings is 1. The Bertz CT molecular complexity index is 1160. The van der Waals surface area contributed by atoms with Gasteiger partial charge < -0.3 is 10.2 Å². The van der Waals surface area contributed by atoms with Crippen LogP contribution >= 0.6 is 0 Å². The van der Waals surface area contributed by atoms with E-state index in [-0.39, 0.29) is 24.9 Å². The van der Waals surface area contributed by atoms with Crippen LogP contribution in [-0.2, 0) is 10.7 Å². The number of H-pyrrole nitrogens is 1. The second-order valence-corrected chi connectivity index (χ2v) is 9.11. The molecule has 32 heavy (non-hydrogen) atoms. The molecule has 2 N–H and O–H groups in total. The topological polar surface area (TPSA) is 124 Å². The van der Waals surface area contributed by atoms with E-state index in [1.807, 2.05) is 4.90 Å². The number of aromatic nitrogens is 6. The Kier molecular flexibility index (Phi) is 5.41. The molecule has 172 valence electrons. The summed E-state index contributed by atoms with van der Waals surface area (Å²) >= 11 is 0. The summed E-state index contributed by atoms with van der Waals surface area (Å²) < 4.78 is 51.4. The lowest BCUT2D eigenvalue weighted by Crippen LogP contribution is -2.40. The average molecular weight is 468 g/mol. The van der Waals surface area contributed by atoms with Crippen LogP contribution in [0.1, 0.15) is 19.3 Å². The minimum absolute atomic E-state index is 0.0704. The molecule has 5 heterocycles. The van der Waals surface area contributed by atoms with Crippen LogP contribution in [0.4, 0.5) is 20.5 Å². The highest BCUT2D eigenvalue weighted by Crippen LogP contribution is 2.36. The smallest absolute Gasteiger partial charge is 0.266 e. The Balaban J connectivity index is 1.43. The van der Waals surface area contributed by atoms with Crippen molar-refractivity contribution in [3.8, 4) is 11.3 Å². The molecule has 0 unspecified atom stereocenters. The molecule has 14 heteroatoms. The van der Waals surface area contributed by atoms with Crippen LogP contribution in [-0.4, -0.2) is 87.1 Å². The normalized spacial score (nSPS) is 19.9. The van der Waals surface area contributed by atoms with E-state index in [2.05, 4.69) is 30.6 Å². The van der Waals surface area contributed by atoms with Gasteiger partial charge in [0.2, 0.25) is 5.95 Å². The van der Waals surface area contributed by atoms with Crippen LogP contribution in [0.15, 0.2) is 18.6 Å². The quantitative estimate of drug-likeness (QED) is 0.452. The Morgan fingerprint density at radius 2 is 2.03 bits per heavy atom. The highest BCUT2D eigenvalue weighted by Gasteiger charge is 2.40. The van der Waals surface area contributed by atoms with Gasteiger partial charge in [-0.1, -0.05) is 0 Å². The molecule has 0 aromatic carbocycles. The standard InChI is InChI=1S/C18H23F2N9O2S/c19-18(20)3-6-28(10-18)16-15(12-7-22-23-8-12)21-9-14-25-17(26-29(14)16)24-13-1-4-27(5-2-13)11-32(30)31/h7-9,13,32H,1-6,10-11H2,(H,22,23)(H,24,26). The second-order valence-electron chi connectivity index (χ2n) is 8.16. The molecular weight excluding hydrogens is 444 g/mol. The summed E-state index contributed by atoms with van der Waals surface area (Å²) in [7, 11) is -2.43. The highest BCUT2D eigenvalue weighted by molar-refractivity contribution is 7.72. The number of thiol groups is 1. The predicted octanol–water partition coefficient (Wildman–Crippen LogP) is 0.805. The summed E-state index contributed by atoms with van der Waals surface area (Å²) in [6, 6.07) is 0.0917. The lowest BCUT2D eigenvalue weighted by atomic mass is 10.1. The van der Waals surface area contributed by atoms with Gasteiger partial charge in [0.25, 0.3) is 5.92 Å². The number of fused-ring (bicyclic) bond motifs is 1. The van der Waals surface area contributed by atoms with Crippen LogP contribution in [0.2, 0.25) is 0 Å². The molecule has 0 bridgehead atoms. The van der Waals surface area contributed by atoms with Gasteiger partial charge in [0, 0.05) is 43.9 Å². The van der Waals surface area contributed by atoms with Gasteiger partial charge in [-0.2, -0.15) is 14.6 Å². The third kappa shape index (κ3) is 4.24. The number of nitrogens with zero attached hydrogens (tertiary/aromatic N) is 7. The van der Waals surface area contributed by atoms with E-state index in [0.717, 1.165) is 12.8 Å². The molecule has 2 aliphatic rings. The number of hydrogen-bond donors (Lipinski definition) is 3. The molecule has 2 aliphatic heterocycles. The Morgan fingerprint density at radius 3 is 2.69 bits per heavy atom. The number of aromatic amines is 1. The van der Waals surface area contributed by atoms with E-state index in [1.54, 1.807) is 28.0 Å². The van der Waals surface area contributed by atoms with Gasteiger partial charge in [0.05, 0.1) is 24.8 Å². The second kappa shape index (κ2) is 8.24. The maximum Gasteiger partial charge on any atom is 0.266 e. The summed E-state index contributed by atoms with van der Waals surface area (Å²) in [4.78, 5) is 12.5. The SMILES string of the molecule is O=[SH](=O)CN1CCC(Nc2nc3cnc(-c4cn[nH]c4)c(N4CCC(F)(F)C4)n3n2)CC1. The Hall–Kier alpha value is -2.87. The van der Waals surface area contributed by atoms with E-state index in [9.17, 15) is 17.2 Å². The fourth-order valence-electron chi connectivity index (χ4n) is 4.25. The van der Waals surface area contributed by atoms with Crippen molar-refractivity contribution in [2.24, 2.45) is 0 Å². The maximum absolute atomic E-state index is 14.0. The van der Waals surface area contributed by atoms with Gasteiger partial charge in [-0.25, -0.2) is 22.2 Å². The molecule has 0 spiro atoms. The fourth-order valence-corrected chi connectivity index (χ4v) is 4.86. The van der Waals surface area contributed by atoms with Crippen molar-refractivity contribution in [2.75, 3.05) is 42.3 Å².